The standard InChI is InChI=1S/C13H11ClN4O/c1-3-7-15-12-16-8-18(13(19)17-12)11-9(2)5-4-6-10(11)14/h1,4-6,8H,7H2,2H3,(H,15,17,19). The molecular weight excluding hydrogens is 264 g/mol. The minimum Gasteiger partial charge on any atom is -0.343 e. The van der Waals surface area contributed by atoms with Crippen molar-refractivity contribution in [3.63, 3.8) is 0 Å². The van der Waals surface area contributed by atoms with E-state index in [0.29, 0.717) is 10.7 Å². The lowest BCUT2D eigenvalue weighted by Crippen LogP contribution is -2.24. The average Bonchev–Trinajstić information content (AvgIpc) is 2.38. The summed E-state index contributed by atoms with van der Waals surface area (Å²) < 4.78 is 1.30. The van der Waals surface area contributed by atoms with E-state index in [1.54, 1.807) is 6.07 Å². The number of nitrogens with one attached hydrogen (secondary N) is 1. The quantitative estimate of drug-likeness (QED) is 0.865. The Labute approximate surface area is 115 Å². The van der Waals surface area contributed by atoms with Crippen molar-refractivity contribution < 1.29 is 0 Å². The summed E-state index contributed by atoms with van der Waals surface area (Å²) in [7, 11) is 0. The fraction of sp³-hybridized carbons (Fsp3) is 0.154. The maximum atomic E-state index is 12.0. The summed E-state index contributed by atoms with van der Waals surface area (Å²) >= 11 is 6.10. The highest BCUT2D eigenvalue weighted by molar-refractivity contribution is 6.32. The molecule has 0 fully saturated rings. The van der Waals surface area contributed by atoms with Crippen LogP contribution in [0.1, 0.15) is 5.56 Å². The molecule has 0 aliphatic heterocycles. The zero-order valence-electron chi connectivity index (χ0n) is 10.2. The number of para-hydroxylation sites is 1. The van der Waals surface area contributed by atoms with Gasteiger partial charge >= 0.3 is 5.69 Å². The molecule has 2 rings (SSSR count). The lowest BCUT2D eigenvalue weighted by molar-refractivity contribution is 0.855. The molecule has 0 bridgehead atoms. The maximum absolute atomic E-state index is 12.0. The first-order valence-corrected chi connectivity index (χ1v) is 5.90. The number of halogens is 1. The molecule has 1 aromatic carbocycles. The third kappa shape index (κ3) is 2.75. The van der Waals surface area contributed by atoms with Crippen LogP contribution in [0.25, 0.3) is 5.69 Å². The van der Waals surface area contributed by atoms with Gasteiger partial charge < -0.3 is 5.32 Å². The van der Waals surface area contributed by atoms with Crippen LogP contribution in [0.4, 0.5) is 5.95 Å². The Bertz CT molecular complexity index is 682. The second-order valence-electron chi connectivity index (χ2n) is 3.80. The molecule has 19 heavy (non-hydrogen) atoms. The van der Waals surface area contributed by atoms with E-state index in [2.05, 4.69) is 21.2 Å². The number of aryl methyl sites for hydroxylation is 1. The van der Waals surface area contributed by atoms with Crippen LogP contribution in [0.15, 0.2) is 29.3 Å². The monoisotopic (exact) mass is 274 g/mol. The summed E-state index contributed by atoms with van der Waals surface area (Å²) in [5.74, 6) is 2.58. The molecule has 0 amide bonds. The molecule has 2 aromatic rings. The third-order valence-electron chi connectivity index (χ3n) is 2.48. The normalized spacial score (nSPS) is 9.95. The lowest BCUT2D eigenvalue weighted by Gasteiger charge is -2.10. The molecule has 0 saturated heterocycles. The molecule has 5 nitrogen and oxygen atoms in total. The van der Waals surface area contributed by atoms with Crippen molar-refractivity contribution in [2.24, 2.45) is 0 Å². The zero-order valence-corrected chi connectivity index (χ0v) is 11.0. The molecular formula is C13H11ClN4O. The fourth-order valence-electron chi connectivity index (χ4n) is 1.63. The van der Waals surface area contributed by atoms with Gasteiger partial charge in [-0.2, -0.15) is 4.98 Å². The van der Waals surface area contributed by atoms with Crippen LogP contribution >= 0.6 is 11.6 Å². The van der Waals surface area contributed by atoms with E-state index >= 15 is 0 Å². The van der Waals surface area contributed by atoms with Gasteiger partial charge in [-0.1, -0.05) is 29.7 Å². The summed E-state index contributed by atoms with van der Waals surface area (Å²) in [5.41, 5.74) is 0.978. The Morgan fingerprint density at radius 2 is 2.32 bits per heavy atom. The van der Waals surface area contributed by atoms with Crippen molar-refractivity contribution in [1.29, 1.82) is 0 Å². The second kappa shape index (κ2) is 5.55. The van der Waals surface area contributed by atoms with Gasteiger partial charge in [0.15, 0.2) is 0 Å². The van der Waals surface area contributed by atoms with Gasteiger partial charge in [-0.3, -0.25) is 0 Å². The SMILES string of the molecule is C#CCNc1ncn(-c2c(C)cccc2Cl)c(=O)n1. The minimum absolute atomic E-state index is 0.198. The van der Waals surface area contributed by atoms with Crippen LogP contribution in [0, 0.1) is 19.3 Å². The van der Waals surface area contributed by atoms with Gasteiger partial charge in [-0.05, 0) is 18.6 Å². The van der Waals surface area contributed by atoms with Crippen molar-refractivity contribution in [2.75, 3.05) is 11.9 Å². The molecule has 0 aliphatic rings. The molecule has 0 aliphatic carbocycles. The summed E-state index contributed by atoms with van der Waals surface area (Å²) in [4.78, 5) is 19.8. The van der Waals surface area contributed by atoms with E-state index in [1.807, 2.05) is 19.1 Å². The number of benzene rings is 1. The van der Waals surface area contributed by atoms with Gasteiger partial charge in [0.05, 0.1) is 17.3 Å². The predicted octanol–water partition coefficient (Wildman–Crippen LogP) is 1.63. The molecule has 1 heterocycles. The summed E-state index contributed by atoms with van der Waals surface area (Å²) in [6.07, 6.45) is 6.48. The Kier molecular flexibility index (Phi) is 3.83. The highest BCUT2D eigenvalue weighted by Crippen LogP contribution is 2.22. The van der Waals surface area contributed by atoms with Gasteiger partial charge in [0.25, 0.3) is 0 Å². The molecule has 0 radical (unpaired) electrons. The first-order chi connectivity index (χ1) is 9.13. The van der Waals surface area contributed by atoms with Gasteiger partial charge in [-0.25, -0.2) is 14.3 Å². The number of nitrogens with zero attached hydrogens (tertiary/aromatic N) is 3. The smallest absolute Gasteiger partial charge is 0.343 e. The molecule has 1 aromatic heterocycles. The van der Waals surface area contributed by atoms with E-state index in [4.69, 9.17) is 18.0 Å². The van der Waals surface area contributed by atoms with Crippen LogP contribution in [-0.2, 0) is 0 Å². The van der Waals surface area contributed by atoms with Crippen LogP contribution < -0.4 is 11.0 Å². The van der Waals surface area contributed by atoms with E-state index < -0.39 is 5.69 Å². The number of rotatable bonds is 3. The third-order valence-corrected chi connectivity index (χ3v) is 2.79. The van der Waals surface area contributed by atoms with Crippen molar-refractivity contribution in [1.82, 2.24) is 14.5 Å². The minimum atomic E-state index is -0.467. The average molecular weight is 275 g/mol. The van der Waals surface area contributed by atoms with Crippen LogP contribution in [0.5, 0.6) is 0 Å². The highest BCUT2D eigenvalue weighted by atomic mass is 35.5. The topological polar surface area (TPSA) is 59.8 Å². The van der Waals surface area contributed by atoms with Gasteiger partial charge in [0.1, 0.15) is 6.33 Å². The Morgan fingerprint density at radius 3 is 2.95 bits per heavy atom. The fourth-order valence-corrected chi connectivity index (χ4v) is 1.94. The van der Waals surface area contributed by atoms with Crippen LogP contribution in [0.3, 0.4) is 0 Å². The molecule has 0 saturated carbocycles. The van der Waals surface area contributed by atoms with Crippen molar-refractivity contribution in [3.05, 3.63) is 45.6 Å². The summed E-state index contributed by atoms with van der Waals surface area (Å²) in [5, 5.41) is 3.21. The van der Waals surface area contributed by atoms with E-state index in [9.17, 15) is 4.79 Å². The Balaban J connectivity index is 2.48. The molecule has 0 atom stereocenters. The number of hydrogen-bond acceptors (Lipinski definition) is 4. The van der Waals surface area contributed by atoms with E-state index in [0.717, 1.165) is 5.56 Å². The van der Waals surface area contributed by atoms with Crippen molar-refractivity contribution >= 4 is 17.5 Å². The van der Waals surface area contributed by atoms with Crippen LogP contribution in [0.2, 0.25) is 5.02 Å². The largest absolute Gasteiger partial charge is 0.356 e. The highest BCUT2D eigenvalue weighted by Gasteiger charge is 2.09. The van der Waals surface area contributed by atoms with Gasteiger partial charge in [0, 0.05) is 0 Å². The first-order valence-electron chi connectivity index (χ1n) is 5.52. The molecule has 6 heteroatoms. The molecule has 0 spiro atoms. The molecule has 0 unspecified atom stereocenters. The zero-order chi connectivity index (χ0) is 13.8. The number of anilines is 1. The van der Waals surface area contributed by atoms with Gasteiger partial charge in [-0.15, -0.1) is 6.42 Å². The predicted molar refractivity (Wildman–Crippen MR) is 74.7 cm³/mol. The van der Waals surface area contributed by atoms with Crippen molar-refractivity contribution in [2.45, 2.75) is 6.92 Å². The number of aromatic nitrogens is 3. The summed E-state index contributed by atoms with van der Waals surface area (Å²) in [6.45, 7) is 2.12. The lowest BCUT2D eigenvalue weighted by atomic mass is 10.2. The molecule has 1 N–H and O–H groups in total. The molecule has 96 valence electrons. The number of hydrogen-bond donors (Lipinski definition) is 1. The second-order valence-corrected chi connectivity index (χ2v) is 4.20. The van der Waals surface area contributed by atoms with Crippen molar-refractivity contribution in [3.8, 4) is 18.0 Å². The Hall–Kier alpha value is -2.32. The van der Waals surface area contributed by atoms with Crippen LogP contribution in [-0.4, -0.2) is 21.1 Å². The van der Waals surface area contributed by atoms with E-state index in [-0.39, 0.29) is 12.5 Å². The van der Waals surface area contributed by atoms with Gasteiger partial charge in [0.2, 0.25) is 5.95 Å². The first kappa shape index (κ1) is 13.1. The maximum Gasteiger partial charge on any atom is 0.356 e. The Morgan fingerprint density at radius 1 is 1.53 bits per heavy atom. The summed E-state index contributed by atoms with van der Waals surface area (Å²) in [6, 6.07) is 5.38. The number of terminal acetylenes is 1. The van der Waals surface area contributed by atoms with E-state index in [1.165, 1.54) is 10.9 Å².